The predicted octanol–water partition coefficient (Wildman–Crippen LogP) is 3.19. The molecule has 1 aliphatic rings. The van der Waals surface area contributed by atoms with Crippen LogP contribution in [0.3, 0.4) is 0 Å². The van der Waals surface area contributed by atoms with Gasteiger partial charge in [-0.25, -0.2) is 0 Å². The lowest BCUT2D eigenvalue weighted by molar-refractivity contribution is -0.384. The molecule has 0 spiro atoms. The van der Waals surface area contributed by atoms with Crippen LogP contribution >= 0.6 is 0 Å². The van der Waals surface area contributed by atoms with Crippen molar-refractivity contribution < 1.29 is 19.3 Å². The summed E-state index contributed by atoms with van der Waals surface area (Å²) >= 11 is 0. The first kappa shape index (κ1) is 20.2. The number of rotatable bonds is 7. The summed E-state index contributed by atoms with van der Waals surface area (Å²) < 4.78 is 0. The van der Waals surface area contributed by atoms with E-state index in [1.54, 1.807) is 50.4 Å². The molecular weight excluding hydrogens is 374 g/mol. The Morgan fingerprint density at radius 3 is 2.31 bits per heavy atom. The van der Waals surface area contributed by atoms with Gasteiger partial charge in [-0.1, -0.05) is 24.3 Å². The molecule has 0 aliphatic carbocycles. The van der Waals surface area contributed by atoms with E-state index in [0.29, 0.717) is 23.1 Å². The predicted molar refractivity (Wildman–Crippen MR) is 105 cm³/mol. The quantitative estimate of drug-likeness (QED) is 0.407. The van der Waals surface area contributed by atoms with Gasteiger partial charge in [0.25, 0.3) is 17.5 Å². The maximum absolute atomic E-state index is 12.5. The summed E-state index contributed by atoms with van der Waals surface area (Å²) in [4.78, 5) is 50.4. The lowest BCUT2D eigenvalue weighted by Crippen LogP contribution is -2.33. The third-order valence-corrected chi connectivity index (χ3v) is 5.19. The number of hydrogen-bond donors (Lipinski definition) is 0. The zero-order chi connectivity index (χ0) is 21.1. The van der Waals surface area contributed by atoms with Crippen molar-refractivity contribution in [2.24, 2.45) is 0 Å². The first-order chi connectivity index (χ1) is 13.8. The Balaban J connectivity index is 1.57. The molecule has 0 saturated carbocycles. The maximum atomic E-state index is 12.5. The Kier molecular flexibility index (Phi) is 5.72. The number of amides is 3. The van der Waals surface area contributed by atoms with Crippen molar-refractivity contribution in [3.05, 3.63) is 75.3 Å². The summed E-state index contributed by atoms with van der Waals surface area (Å²) in [5, 5.41) is 10.9. The summed E-state index contributed by atoms with van der Waals surface area (Å²) in [7, 11) is 1.63. The summed E-state index contributed by atoms with van der Waals surface area (Å²) in [5.41, 5.74) is 1.41. The number of non-ortho nitro benzene ring substituents is 1. The highest BCUT2D eigenvalue weighted by Gasteiger charge is 2.34. The standard InChI is InChI=1S/C21H21N3O5/c1-14(15-7-5-8-16(13-15)24(28)29)22(2)19(25)11-6-12-23-20(26)17-9-3-4-10-18(17)21(23)27/h3-5,7-10,13-14H,6,11-12H2,1-2H3/t14-/m1/s1. The summed E-state index contributed by atoms with van der Waals surface area (Å²) in [5.74, 6) is -0.839. The van der Waals surface area contributed by atoms with Crippen molar-refractivity contribution in [1.82, 2.24) is 9.80 Å². The van der Waals surface area contributed by atoms with Crippen LogP contribution in [0.2, 0.25) is 0 Å². The number of nitrogens with zero attached hydrogens (tertiary/aromatic N) is 3. The number of nitro benzene ring substituents is 1. The van der Waals surface area contributed by atoms with E-state index in [1.165, 1.54) is 21.9 Å². The van der Waals surface area contributed by atoms with E-state index in [1.807, 2.05) is 0 Å². The van der Waals surface area contributed by atoms with E-state index < -0.39 is 4.92 Å². The van der Waals surface area contributed by atoms with Gasteiger partial charge in [-0.2, -0.15) is 0 Å². The van der Waals surface area contributed by atoms with Gasteiger partial charge in [0.2, 0.25) is 5.91 Å². The van der Waals surface area contributed by atoms with Crippen molar-refractivity contribution in [2.75, 3.05) is 13.6 Å². The minimum absolute atomic E-state index is 0.0270. The van der Waals surface area contributed by atoms with Crippen LogP contribution in [0.1, 0.15) is 52.1 Å². The van der Waals surface area contributed by atoms with Crippen LogP contribution in [0.4, 0.5) is 5.69 Å². The minimum Gasteiger partial charge on any atom is -0.339 e. The molecule has 1 atom stereocenters. The van der Waals surface area contributed by atoms with Crippen molar-refractivity contribution in [2.45, 2.75) is 25.8 Å². The van der Waals surface area contributed by atoms with Crippen molar-refractivity contribution in [3.63, 3.8) is 0 Å². The summed E-state index contributed by atoms with van der Waals surface area (Å²) in [6.45, 7) is 1.96. The average Bonchev–Trinajstić information content (AvgIpc) is 2.97. The molecule has 8 nitrogen and oxygen atoms in total. The van der Waals surface area contributed by atoms with E-state index in [2.05, 4.69) is 0 Å². The van der Waals surface area contributed by atoms with Crippen LogP contribution < -0.4 is 0 Å². The molecule has 3 rings (SSSR count). The Labute approximate surface area is 167 Å². The Morgan fingerprint density at radius 2 is 1.72 bits per heavy atom. The molecule has 2 aromatic carbocycles. The molecule has 3 amide bonds. The molecule has 29 heavy (non-hydrogen) atoms. The fourth-order valence-corrected chi connectivity index (χ4v) is 3.34. The third-order valence-electron chi connectivity index (χ3n) is 5.19. The zero-order valence-electron chi connectivity index (χ0n) is 16.2. The first-order valence-electron chi connectivity index (χ1n) is 9.26. The molecule has 0 saturated heterocycles. The molecule has 1 heterocycles. The Morgan fingerprint density at radius 1 is 1.10 bits per heavy atom. The average molecular weight is 395 g/mol. The van der Waals surface area contributed by atoms with Crippen LogP contribution in [0.5, 0.6) is 0 Å². The monoisotopic (exact) mass is 395 g/mol. The molecule has 0 N–H and O–H groups in total. The Bertz CT molecular complexity index is 953. The van der Waals surface area contributed by atoms with E-state index in [0.717, 1.165) is 0 Å². The van der Waals surface area contributed by atoms with Crippen LogP contribution in [0.25, 0.3) is 0 Å². The van der Waals surface area contributed by atoms with Gasteiger partial charge in [-0.3, -0.25) is 29.4 Å². The van der Waals surface area contributed by atoms with E-state index >= 15 is 0 Å². The molecule has 0 fully saturated rings. The van der Waals surface area contributed by atoms with Gasteiger partial charge >= 0.3 is 0 Å². The van der Waals surface area contributed by atoms with Crippen molar-refractivity contribution in [1.29, 1.82) is 0 Å². The highest BCUT2D eigenvalue weighted by molar-refractivity contribution is 6.21. The van der Waals surface area contributed by atoms with Gasteiger partial charge in [-0.15, -0.1) is 0 Å². The molecule has 0 unspecified atom stereocenters. The number of benzene rings is 2. The van der Waals surface area contributed by atoms with Crippen LogP contribution in [0, 0.1) is 10.1 Å². The fraction of sp³-hybridized carbons (Fsp3) is 0.286. The normalized spacial score (nSPS) is 13.9. The van der Waals surface area contributed by atoms with Crippen molar-refractivity contribution >= 4 is 23.4 Å². The van der Waals surface area contributed by atoms with Crippen LogP contribution in [0.15, 0.2) is 48.5 Å². The number of carbonyl (C=O) groups is 3. The second kappa shape index (κ2) is 8.22. The highest BCUT2D eigenvalue weighted by atomic mass is 16.6. The Hall–Kier alpha value is -3.55. The van der Waals surface area contributed by atoms with Crippen LogP contribution in [-0.4, -0.2) is 46.0 Å². The minimum atomic E-state index is -0.472. The van der Waals surface area contributed by atoms with Gasteiger partial charge in [0.1, 0.15) is 0 Å². The molecule has 2 aromatic rings. The van der Waals surface area contributed by atoms with Gasteiger partial charge < -0.3 is 4.90 Å². The lowest BCUT2D eigenvalue weighted by atomic mass is 10.1. The second-order valence-corrected chi connectivity index (χ2v) is 6.94. The summed E-state index contributed by atoms with van der Waals surface area (Å²) in [6, 6.07) is 12.5. The topological polar surface area (TPSA) is 101 Å². The second-order valence-electron chi connectivity index (χ2n) is 6.94. The number of carbonyl (C=O) groups excluding carboxylic acids is 3. The molecule has 1 aliphatic heterocycles. The zero-order valence-corrected chi connectivity index (χ0v) is 16.2. The largest absolute Gasteiger partial charge is 0.339 e. The van der Waals surface area contributed by atoms with Gasteiger partial charge in [0.15, 0.2) is 0 Å². The molecule has 0 radical (unpaired) electrons. The summed E-state index contributed by atoms with van der Waals surface area (Å²) in [6.07, 6.45) is 0.499. The first-order valence-corrected chi connectivity index (χ1v) is 9.26. The van der Waals surface area contributed by atoms with Gasteiger partial charge in [0, 0.05) is 32.1 Å². The number of imide groups is 1. The SMILES string of the molecule is C[C@H](c1cccc([N+](=O)[O-])c1)N(C)C(=O)CCCN1C(=O)c2ccccc2C1=O. The van der Waals surface area contributed by atoms with Crippen molar-refractivity contribution in [3.8, 4) is 0 Å². The molecule has 150 valence electrons. The molecular formula is C21H21N3O5. The lowest BCUT2D eigenvalue weighted by Gasteiger charge is -2.25. The van der Waals surface area contributed by atoms with Gasteiger partial charge in [0.05, 0.1) is 22.1 Å². The fourth-order valence-electron chi connectivity index (χ4n) is 3.34. The van der Waals surface area contributed by atoms with E-state index in [9.17, 15) is 24.5 Å². The van der Waals surface area contributed by atoms with E-state index in [4.69, 9.17) is 0 Å². The molecule has 0 aromatic heterocycles. The van der Waals surface area contributed by atoms with Gasteiger partial charge in [-0.05, 0) is 31.0 Å². The number of nitro groups is 1. The smallest absolute Gasteiger partial charge is 0.269 e. The van der Waals surface area contributed by atoms with Crippen LogP contribution in [-0.2, 0) is 4.79 Å². The maximum Gasteiger partial charge on any atom is 0.269 e. The number of hydrogen-bond acceptors (Lipinski definition) is 5. The van der Waals surface area contributed by atoms with E-state index in [-0.39, 0.29) is 42.4 Å². The third kappa shape index (κ3) is 4.01. The molecule has 8 heteroatoms. The highest BCUT2D eigenvalue weighted by Crippen LogP contribution is 2.25. The molecule has 0 bridgehead atoms. The number of fused-ring (bicyclic) bond motifs is 1.